The van der Waals surface area contributed by atoms with E-state index in [1.807, 2.05) is 80.6 Å². The molecule has 0 amide bonds. The summed E-state index contributed by atoms with van der Waals surface area (Å²) in [7, 11) is 1.63. The number of nitrogens with one attached hydrogen (secondary N) is 1. The number of pyridine rings is 1. The second-order valence-corrected chi connectivity index (χ2v) is 24.6. The van der Waals surface area contributed by atoms with Crippen molar-refractivity contribution < 1.29 is 48.7 Å². The van der Waals surface area contributed by atoms with E-state index < -0.39 is 12.2 Å². The summed E-state index contributed by atoms with van der Waals surface area (Å²) in [6.07, 6.45) is 11.2. The number of Topliss-reactive ketones (excluding diaryl/α,β-unsaturated/α-hetero) is 2. The zero-order valence-corrected chi connectivity index (χ0v) is 55.7. The van der Waals surface area contributed by atoms with Crippen molar-refractivity contribution in [3.8, 4) is 39.6 Å². The number of hydrogen-bond acceptors (Lipinski definition) is 10. The van der Waals surface area contributed by atoms with E-state index >= 15 is 0 Å². The fourth-order valence-electron chi connectivity index (χ4n) is 11.1. The molecule has 0 fully saturated rings. The maximum Gasteiger partial charge on any atom is 0.308 e. The molecule has 2 atom stereocenters. The van der Waals surface area contributed by atoms with Crippen LogP contribution in [0.1, 0.15) is 157 Å². The summed E-state index contributed by atoms with van der Waals surface area (Å²) >= 11 is 0. The van der Waals surface area contributed by atoms with Gasteiger partial charge in [0.1, 0.15) is 34.6 Å². The number of aromatic hydroxyl groups is 2. The van der Waals surface area contributed by atoms with Gasteiger partial charge in [-0.15, -0.1) is 0 Å². The van der Waals surface area contributed by atoms with Crippen molar-refractivity contribution in [2.45, 2.75) is 139 Å². The van der Waals surface area contributed by atoms with Gasteiger partial charge < -0.3 is 39.7 Å². The highest BCUT2D eigenvalue weighted by Gasteiger charge is 2.25. The SMILES string of the molecule is C.CC(=O)Oc1cc(C)cc(/C=C/c2ccc(C)cc2)c1.COCc1c(C(C)C)nc(C(C)C)c(/C=C/[C@@H](O)C[C@@H](O)CC(C)=O)c1-c1ccc(F)cc1.Cc1ccc(/C=C/c2cc(O)cc(O)c2)cc1.[C-]#[N+]CCc1ccc2c(c1)-c1[nH]c3ccc(C)cc3c1CC(=O)C2. The largest absolute Gasteiger partial charge is 0.508 e. The summed E-state index contributed by atoms with van der Waals surface area (Å²) < 4.78 is 24.4. The molecule has 494 valence electrons. The third-order valence-corrected chi connectivity index (χ3v) is 15.6. The normalized spacial score (nSPS) is 12.3. The van der Waals surface area contributed by atoms with Gasteiger partial charge in [-0.25, -0.2) is 11.0 Å². The number of aryl methyl sites for hydroxylation is 4. The number of H-pyrrole nitrogens is 1. The van der Waals surface area contributed by atoms with Crippen LogP contribution >= 0.6 is 0 Å². The Bertz CT molecular complexity index is 4210. The zero-order chi connectivity index (χ0) is 68.2. The summed E-state index contributed by atoms with van der Waals surface area (Å²) in [4.78, 5) is 46.7. The molecule has 95 heavy (non-hydrogen) atoms. The van der Waals surface area contributed by atoms with Gasteiger partial charge in [-0.05, 0) is 157 Å². The Kier molecular flexibility index (Phi) is 27.7. The molecule has 2 aromatic heterocycles. The molecule has 1 aliphatic carbocycles. The standard InChI is InChI=1S/C27H36FNO4.C21H18N2O.C18H18O2.C15H14O2.CH4/c1-16(2)26-23(12-11-21(31)14-22(32)13-18(5)30)25(19-7-9-20(28)10-8-19)24(15-33-6)27(29-26)17(3)4;1-13-3-6-20-18(9-13)19-12-16(24)11-15-5-4-14(7-8-22-2)10-17(15)21(19)23-20;1-13-4-6-16(7-5-13)8-9-17-10-14(2)11-18(12-17)20-15(3)19;1-11-2-4-12(5-3-11)6-7-13-8-14(16)10-15(17)9-13;/h7-12,16-17,21-22,31-32H,13-15H2,1-6H3;3-6,9-10,23H,7-8,11-12H2,1H3;4-12H,1-3H3;2-10,16-17H,1H3;1H4/b12-11+;;9-8+;7-6+;/t21-,22+;;;;/m1..../s1. The topological polar surface area (TPSA) is 184 Å². The van der Waals surface area contributed by atoms with Gasteiger partial charge in [-0.1, -0.05) is 173 Å². The first-order valence-corrected chi connectivity index (χ1v) is 31.6. The average molecular weight is 1280 g/mol. The number of nitrogens with zero attached hydrogens (tertiary/aromatic N) is 2. The minimum absolute atomic E-state index is 0. The van der Waals surface area contributed by atoms with Gasteiger partial charge in [0.15, 0.2) is 0 Å². The number of ether oxygens (including phenoxy) is 2. The van der Waals surface area contributed by atoms with Crippen molar-refractivity contribution in [1.29, 1.82) is 0 Å². The van der Waals surface area contributed by atoms with E-state index in [0.29, 0.717) is 31.7 Å². The molecule has 0 unspecified atom stereocenters. The molecule has 1 aliphatic rings. The lowest BCUT2D eigenvalue weighted by Gasteiger charge is -2.23. The van der Waals surface area contributed by atoms with Crippen LogP contribution in [0.4, 0.5) is 4.39 Å². The molecule has 0 saturated carbocycles. The van der Waals surface area contributed by atoms with Gasteiger partial charge in [0, 0.05) is 85.5 Å². The number of aliphatic hydroxyl groups excluding tert-OH is 2. The number of esters is 1. The van der Waals surface area contributed by atoms with E-state index in [0.717, 1.165) is 107 Å². The van der Waals surface area contributed by atoms with Crippen LogP contribution in [0.3, 0.4) is 0 Å². The van der Waals surface area contributed by atoms with Crippen molar-refractivity contribution in [3.63, 3.8) is 0 Å². The van der Waals surface area contributed by atoms with E-state index in [9.17, 15) is 39.2 Å². The van der Waals surface area contributed by atoms with Gasteiger partial charge in [-0.3, -0.25) is 19.4 Å². The van der Waals surface area contributed by atoms with Crippen LogP contribution in [-0.4, -0.2) is 73.8 Å². The summed E-state index contributed by atoms with van der Waals surface area (Å²) in [5.41, 5.74) is 20.6. The quantitative estimate of drug-likeness (QED) is 0.0240. The zero-order valence-electron chi connectivity index (χ0n) is 55.7. The lowest BCUT2D eigenvalue weighted by atomic mass is 9.87. The first-order chi connectivity index (χ1) is 44.9. The molecule has 5 N–H and O–H groups in total. The van der Waals surface area contributed by atoms with Gasteiger partial charge in [0.25, 0.3) is 0 Å². The minimum Gasteiger partial charge on any atom is -0.508 e. The molecule has 0 bridgehead atoms. The van der Waals surface area contributed by atoms with Crippen molar-refractivity contribution in [1.82, 2.24) is 9.97 Å². The lowest BCUT2D eigenvalue weighted by molar-refractivity contribution is -0.132. The molecule has 0 aliphatic heterocycles. The van der Waals surface area contributed by atoms with E-state index in [-0.39, 0.29) is 67.0 Å². The molecule has 10 rings (SSSR count). The number of aromatic nitrogens is 2. The first-order valence-electron chi connectivity index (χ1n) is 31.6. The number of hydrogen-bond donors (Lipinski definition) is 5. The monoisotopic (exact) mass is 1280 g/mol. The number of carbonyl (C=O) groups excluding carboxylic acids is 3. The molecule has 0 saturated heterocycles. The molecule has 2 heterocycles. The number of ketones is 2. The summed E-state index contributed by atoms with van der Waals surface area (Å²) in [5, 5.41) is 40.3. The highest BCUT2D eigenvalue weighted by Crippen LogP contribution is 2.39. The fraction of sp³-hybridized carbons (Fsp3) is 0.280. The van der Waals surface area contributed by atoms with Crippen LogP contribution in [0.15, 0.2) is 152 Å². The van der Waals surface area contributed by atoms with E-state index in [4.69, 9.17) is 21.0 Å². The van der Waals surface area contributed by atoms with Gasteiger partial charge >= 0.3 is 5.97 Å². The van der Waals surface area contributed by atoms with Crippen LogP contribution < -0.4 is 4.74 Å². The molecule has 13 heteroatoms. The number of phenols is 2. The Morgan fingerprint density at radius 2 is 1.27 bits per heavy atom. The maximum atomic E-state index is 13.7. The number of aliphatic hydroxyl groups is 2. The predicted octanol–water partition coefficient (Wildman–Crippen LogP) is 18.3. The second kappa shape index (κ2) is 35.4. The lowest BCUT2D eigenvalue weighted by Crippen LogP contribution is -2.18. The molecule has 7 aromatic carbocycles. The smallest absolute Gasteiger partial charge is 0.308 e. The van der Waals surface area contributed by atoms with Crippen LogP contribution in [0, 0.1) is 40.1 Å². The Balaban J connectivity index is 0.000000206. The number of fused-ring (bicyclic) bond motifs is 5. The number of rotatable bonds is 18. The summed E-state index contributed by atoms with van der Waals surface area (Å²) in [6, 6.07) is 45.7. The third-order valence-electron chi connectivity index (χ3n) is 15.6. The second-order valence-electron chi connectivity index (χ2n) is 24.6. The summed E-state index contributed by atoms with van der Waals surface area (Å²) in [6.45, 7) is 27.1. The Labute approximate surface area is 560 Å². The molecule has 0 spiro atoms. The first kappa shape index (κ1) is 74.2. The van der Waals surface area contributed by atoms with Gasteiger partial charge in [0.2, 0.25) is 6.54 Å². The Hall–Kier alpha value is -9.84. The van der Waals surface area contributed by atoms with Gasteiger partial charge in [-0.2, -0.15) is 0 Å². The maximum absolute atomic E-state index is 13.7. The average Bonchev–Trinajstić information content (AvgIpc) is 1.73. The fourth-order valence-corrected chi connectivity index (χ4v) is 11.1. The van der Waals surface area contributed by atoms with Crippen molar-refractivity contribution in [2.75, 3.05) is 13.7 Å². The molecule has 9 aromatic rings. The van der Waals surface area contributed by atoms with Crippen molar-refractivity contribution in [2.24, 2.45) is 0 Å². The minimum atomic E-state index is -0.934. The number of benzene rings is 7. The van der Waals surface area contributed by atoms with Crippen molar-refractivity contribution in [3.05, 3.63) is 253 Å². The predicted molar refractivity (Wildman–Crippen MR) is 385 cm³/mol. The number of carbonyl (C=O) groups is 3. The van der Waals surface area contributed by atoms with Gasteiger partial charge in [0.05, 0.1) is 30.2 Å². The number of aromatic amines is 1. The third kappa shape index (κ3) is 22.1. The molecule has 12 nitrogen and oxygen atoms in total. The van der Waals surface area contributed by atoms with E-state index in [1.54, 1.807) is 37.5 Å². The Morgan fingerprint density at radius 3 is 1.84 bits per heavy atom. The number of halogens is 1. The molecular weight excluding hydrogens is 1190 g/mol. The van der Waals surface area contributed by atoms with Crippen LogP contribution in [0.5, 0.6) is 17.2 Å². The van der Waals surface area contributed by atoms with Crippen LogP contribution in [0.25, 0.3) is 68.5 Å². The molecular formula is C82H90FN3O9. The summed E-state index contributed by atoms with van der Waals surface area (Å²) in [5.74, 6) is 0.465. The van der Waals surface area contributed by atoms with Crippen LogP contribution in [0.2, 0.25) is 0 Å². The van der Waals surface area contributed by atoms with Crippen LogP contribution in [-0.2, 0) is 45.0 Å². The highest BCUT2D eigenvalue weighted by molar-refractivity contribution is 5.99. The van der Waals surface area contributed by atoms with E-state index in [2.05, 4.69) is 118 Å². The van der Waals surface area contributed by atoms with Crippen molar-refractivity contribution >= 4 is 58.8 Å². The Morgan fingerprint density at radius 1 is 0.684 bits per heavy atom. The number of phenolic OH excluding ortho intramolecular Hbond substituents is 2. The number of methoxy groups -OCH3 is 1. The molecule has 0 radical (unpaired) electrons. The van der Waals surface area contributed by atoms with E-state index in [1.165, 1.54) is 48.7 Å². The highest BCUT2D eigenvalue weighted by atomic mass is 19.1.